The molecule has 25 heavy (non-hydrogen) atoms. The van der Waals surface area contributed by atoms with E-state index < -0.39 is 37.2 Å². The van der Waals surface area contributed by atoms with E-state index in [0.717, 1.165) is 30.3 Å². The lowest BCUT2D eigenvalue weighted by Crippen LogP contribution is -2.15. The van der Waals surface area contributed by atoms with Crippen molar-refractivity contribution >= 4 is 21.4 Å². The summed E-state index contributed by atoms with van der Waals surface area (Å²) in [6, 6.07) is 5.91. The minimum absolute atomic E-state index is 0.0596. The van der Waals surface area contributed by atoms with Gasteiger partial charge in [0.2, 0.25) is 10.0 Å². The number of nitrogens with two attached hydrogens (primary N) is 1. The lowest BCUT2D eigenvalue weighted by molar-refractivity contribution is -0.385. The van der Waals surface area contributed by atoms with Crippen LogP contribution in [0.1, 0.15) is 0 Å². The molecule has 0 fully saturated rings. The number of anilines is 1. The molecule has 0 atom stereocenters. The van der Waals surface area contributed by atoms with E-state index in [2.05, 4.69) is 5.32 Å². The number of nitrogens with one attached hydrogen (secondary N) is 1. The maximum atomic E-state index is 13.4. The molecular formula is C14H13F2N3O5S. The smallest absolute Gasteiger partial charge is 0.272 e. The van der Waals surface area contributed by atoms with E-state index >= 15 is 0 Å². The molecule has 3 N–H and O–H groups in total. The highest BCUT2D eigenvalue weighted by Crippen LogP contribution is 2.23. The van der Waals surface area contributed by atoms with Crippen LogP contribution in [0.4, 0.5) is 20.2 Å². The predicted molar refractivity (Wildman–Crippen MR) is 84.8 cm³/mol. The molecule has 0 aliphatic rings. The first kappa shape index (κ1) is 18.5. The van der Waals surface area contributed by atoms with Crippen molar-refractivity contribution < 1.29 is 26.9 Å². The zero-order valence-corrected chi connectivity index (χ0v) is 13.4. The molecule has 0 aliphatic carbocycles. The third kappa shape index (κ3) is 5.09. The Hall–Kier alpha value is -2.79. The van der Waals surface area contributed by atoms with Gasteiger partial charge in [-0.2, -0.15) is 0 Å². The van der Waals surface area contributed by atoms with Gasteiger partial charge in [-0.3, -0.25) is 10.1 Å². The number of hydrogen-bond donors (Lipinski definition) is 2. The van der Waals surface area contributed by atoms with Gasteiger partial charge in [0, 0.05) is 30.4 Å². The fourth-order valence-electron chi connectivity index (χ4n) is 1.90. The van der Waals surface area contributed by atoms with Crippen LogP contribution >= 0.6 is 0 Å². The number of nitro groups is 1. The molecule has 134 valence electrons. The summed E-state index contributed by atoms with van der Waals surface area (Å²) in [5.74, 6) is -1.77. The Morgan fingerprint density at radius 2 is 1.92 bits per heavy atom. The van der Waals surface area contributed by atoms with Crippen LogP contribution in [0.3, 0.4) is 0 Å². The van der Waals surface area contributed by atoms with Crippen molar-refractivity contribution in [2.45, 2.75) is 4.90 Å². The highest BCUT2D eigenvalue weighted by molar-refractivity contribution is 7.89. The first-order chi connectivity index (χ1) is 11.7. The normalized spacial score (nSPS) is 11.2. The van der Waals surface area contributed by atoms with E-state index in [0.29, 0.717) is 6.07 Å². The number of benzene rings is 2. The van der Waals surface area contributed by atoms with Gasteiger partial charge in [-0.05, 0) is 18.2 Å². The summed E-state index contributed by atoms with van der Waals surface area (Å²) in [6.45, 7) is 0.0119. The van der Waals surface area contributed by atoms with E-state index in [1.807, 2.05) is 0 Å². The second-order valence-corrected chi connectivity index (χ2v) is 6.43. The van der Waals surface area contributed by atoms with Crippen LogP contribution < -0.4 is 15.2 Å². The highest BCUT2D eigenvalue weighted by atomic mass is 32.2. The fraction of sp³-hybridized carbons (Fsp3) is 0.143. The van der Waals surface area contributed by atoms with Crippen LogP contribution in [0.2, 0.25) is 0 Å². The Morgan fingerprint density at radius 1 is 1.20 bits per heavy atom. The van der Waals surface area contributed by atoms with Crippen LogP contribution in [-0.2, 0) is 10.0 Å². The summed E-state index contributed by atoms with van der Waals surface area (Å²) in [5.41, 5.74) is -0.332. The summed E-state index contributed by atoms with van der Waals surface area (Å²) in [7, 11) is -4.13. The molecule has 2 aromatic carbocycles. The molecule has 0 unspecified atom stereocenters. The fourth-order valence-corrected chi connectivity index (χ4v) is 2.48. The first-order valence-electron chi connectivity index (χ1n) is 6.81. The second-order valence-electron chi connectivity index (χ2n) is 4.87. The topological polar surface area (TPSA) is 125 Å². The van der Waals surface area contributed by atoms with Crippen LogP contribution in [0.5, 0.6) is 5.75 Å². The Kier molecular flexibility index (Phi) is 5.49. The second kappa shape index (κ2) is 7.40. The molecule has 0 bridgehead atoms. The SMILES string of the molecule is NS(=O)(=O)c1cc(NCCOc2ccc(F)cc2F)cc([N+](=O)[O-])c1. The van der Waals surface area contributed by atoms with Crippen molar-refractivity contribution in [1.29, 1.82) is 0 Å². The zero-order chi connectivity index (χ0) is 18.6. The van der Waals surface area contributed by atoms with Gasteiger partial charge in [0.1, 0.15) is 12.4 Å². The molecule has 0 aliphatic heterocycles. The van der Waals surface area contributed by atoms with Gasteiger partial charge in [-0.1, -0.05) is 0 Å². The summed E-state index contributed by atoms with van der Waals surface area (Å²) in [4.78, 5) is 9.68. The largest absolute Gasteiger partial charge is 0.489 e. The molecule has 0 radical (unpaired) electrons. The van der Waals surface area contributed by atoms with Gasteiger partial charge in [0.25, 0.3) is 5.69 Å². The Bertz CT molecular complexity index is 905. The summed E-state index contributed by atoms with van der Waals surface area (Å²) in [5, 5.41) is 18.5. The third-order valence-electron chi connectivity index (χ3n) is 3.01. The molecule has 0 spiro atoms. The molecule has 0 saturated heterocycles. The number of primary sulfonamides is 1. The van der Waals surface area contributed by atoms with E-state index in [4.69, 9.17) is 9.88 Å². The molecular weight excluding hydrogens is 360 g/mol. The van der Waals surface area contributed by atoms with E-state index in [1.165, 1.54) is 0 Å². The number of ether oxygens (including phenoxy) is 1. The first-order valence-corrected chi connectivity index (χ1v) is 8.35. The molecule has 0 aromatic heterocycles. The maximum absolute atomic E-state index is 13.4. The molecule has 0 heterocycles. The number of halogens is 2. The molecule has 11 heteroatoms. The molecule has 0 saturated carbocycles. The minimum Gasteiger partial charge on any atom is -0.489 e. The van der Waals surface area contributed by atoms with Crippen molar-refractivity contribution in [3.63, 3.8) is 0 Å². The quantitative estimate of drug-likeness (QED) is 0.435. The van der Waals surface area contributed by atoms with Crippen molar-refractivity contribution in [1.82, 2.24) is 0 Å². The number of nitro benzene ring substituents is 1. The minimum atomic E-state index is -4.13. The molecule has 2 rings (SSSR count). The highest BCUT2D eigenvalue weighted by Gasteiger charge is 2.16. The lowest BCUT2D eigenvalue weighted by Gasteiger charge is -2.10. The number of nitrogens with zero attached hydrogens (tertiary/aromatic N) is 1. The number of non-ortho nitro benzene ring substituents is 1. The predicted octanol–water partition coefficient (Wildman–Crippen LogP) is 2.01. The Balaban J connectivity index is 2.05. The monoisotopic (exact) mass is 373 g/mol. The van der Waals surface area contributed by atoms with Crippen LogP contribution in [-0.4, -0.2) is 26.5 Å². The van der Waals surface area contributed by atoms with Crippen LogP contribution in [0.15, 0.2) is 41.3 Å². The number of rotatable bonds is 7. The molecule has 2 aromatic rings. The number of hydrogen-bond acceptors (Lipinski definition) is 6. The van der Waals surface area contributed by atoms with Crippen LogP contribution in [0, 0.1) is 21.7 Å². The van der Waals surface area contributed by atoms with E-state index in [-0.39, 0.29) is 24.6 Å². The van der Waals surface area contributed by atoms with Crippen molar-refractivity contribution in [3.05, 3.63) is 58.1 Å². The average molecular weight is 373 g/mol. The summed E-state index contributed by atoms with van der Waals surface area (Å²) >= 11 is 0. The zero-order valence-electron chi connectivity index (χ0n) is 12.6. The van der Waals surface area contributed by atoms with Gasteiger partial charge in [-0.25, -0.2) is 22.3 Å². The Labute approximate surface area is 141 Å². The summed E-state index contributed by atoms with van der Waals surface area (Å²) < 4.78 is 54.0. The molecule has 0 amide bonds. The van der Waals surface area contributed by atoms with Crippen molar-refractivity contribution in [3.8, 4) is 5.75 Å². The summed E-state index contributed by atoms with van der Waals surface area (Å²) in [6.07, 6.45) is 0. The van der Waals surface area contributed by atoms with Crippen molar-refractivity contribution in [2.24, 2.45) is 5.14 Å². The van der Waals surface area contributed by atoms with Crippen LogP contribution in [0.25, 0.3) is 0 Å². The van der Waals surface area contributed by atoms with Gasteiger partial charge < -0.3 is 10.1 Å². The number of sulfonamides is 1. The third-order valence-corrected chi connectivity index (χ3v) is 3.91. The van der Waals surface area contributed by atoms with Gasteiger partial charge >= 0.3 is 0 Å². The maximum Gasteiger partial charge on any atom is 0.272 e. The van der Waals surface area contributed by atoms with E-state index in [1.54, 1.807) is 0 Å². The van der Waals surface area contributed by atoms with Gasteiger partial charge in [0.15, 0.2) is 11.6 Å². The lowest BCUT2D eigenvalue weighted by atomic mass is 10.3. The van der Waals surface area contributed by atoms with E-state index in [9.17, 15) is 27.3 Å². The van der Waals surface area contributed by atoms with Gasteiger partial charge in [-0.15, -0.1) is 0 Å². The Morgan fingerprint density at radius 3 is 2.52 bits per heavy atom. The standard InChI is InChI=1S/C14H13F2N3O5S/c15-9-1-2-14(13(16)5-9)24-4-3-18-10-6-11(19(20)21)8-12(7-10)25(17,22)23/h1-2,5-8,18H,3-4H2,(H2,17,22,23). The van der Waals surface area contributed by atoms with Gasteiger partial charge in [0.05, 0.1) is 9.82 Å². The average Bonchev–Trinajstić information content (AvgIpc) is 2.52. The molecule has 8 nitrogen and oxygen atoms in total. The van der Waals surface area contributed by atoms with Crippen molar-refractivity contribution in [2.75, 3.05) is 18.5 Å².